The van der Waals surface area contributed by atoms with Crippen LogP contribution in [0.15, 0.2) is 18.2 Å². The molecule has 0 radical (unpaired) electrons. The van der Waals surface area contributed by atoms with Gasteiger partial charge in [-0.2, -0.15) is 0 Å². The number of hydrogen-bond donors (Lipinski definition) is 2. The van der Waals surface area contributed by atoms with Gasteiger partial charge in [0.25, 0.3) is 0 Å². The molecule has 140 valence electrons. The summed E-state index contributed by atoms with van der Waals surface area (Å²) in [6.07, 6.45) is 0. The van der Waals surface area contributed by atoms with Crippen molar-refractivity contribution < 1.29 is 14.3 Å². The minimum Gasteiger partial charge on any atom is -0.377 e. The molecule has 3 amide bonds. The molecule has 0 aromatic heterocycles. The van der Waals surface area contributed by atoms with Gasteiger partial charge in [-0.15, -0.1) is 0 Å². The predicted octanol–water partition coefficient (Wildman–Crippen LogP) is 2.28. The third kappa shape index (κ3) is 6.26. The van der Waals surface area contributed by atoms with Crippen LogP contribution in [-0.4, -0.2) is 57.2 Å². The van der Waals surface area contributed by atoms with E-state index < -0.39 is 0 Å². The van der Waals surface area contributed by atoms with Crippen molar-refractivity contribution in [2.75, 3.05) is 44.6 Å². The topological polar surface area (TPSA) is 73.9 Å². The number of methoxy groups -OCH3 is 1. The summed E-state index contributed by atoms with van der Waals surface area (Å²) in [7, 11) is 5.38. The normalized spacial score (nSPS) is 10.5. The van der Waals surface area contributed by atoms with Crippen molar-refractivity contribution in [1.82, 2.24) is 10.2 Å². The van der Waals surface area contributed by atoms with Crippen molar-refractivity contribution in [3.05, 3.63) is 23.8 Å². The highest BCUT2D eigenvalue weighted by Gasteiger charge is 2.19. The maximum Gasteiger partial charge on any atom is 0.317 e. The largest absolute Gasteiger partial charge is 0.377 e. The fourth-order valence-corrected chi connectivity index (χ4v) is 2.48. The number of urea groups is 1. The van der Waals surface area contributed by atoms with E-state index in [4.69, 9.17) is 4.74 Å². The summed E-state index contributed by atoms with van der Waals surface area (Å²) in [5, 5.41) is 5.65. The van der Waals surface area contributed by atoms with Gasteiger partial charge in [0.15, 0.2) is 0 Å². The lowest BCUT2D eigenvalue weighted by atomic mass is 10.1. The van der Waals surface area contributed by atoms with Crippen LogP contribution in [0.25, 0.3) is 0 Å². The molecule has 25 heavy (non-hydrogen) atoms. The minimum atomic E-state index is -0.213. The first-order chi connectivity index (χ1) is 11.8. The maximum atomic E-state index is 12.3. The van der Waals surface area contributed by atoms with E-state index in [-0.39, 0.29) is 24.6 Å². The Hall–Kier alpha value is -2.28. The van der Waals surface area contributed by atoms with Crippen molar-refractivity contribution >= 4 is 23.3 Å². The number of carbonyl (C=O) groups excluding carboxylic acids is 2. The molecule has 0 saturated carbocycles. The summed E-state index contributed by atoms with van der Waals surface area (Å²) in [6.45, 7) is 6.89. The molecule has 7 nitrogen and oxygen atoms in total. The number of benzene rings is 1. The maximum absolute atomic E-state index is 12.3. The molecule has 2 N–H and O–H groups in total. The predicted molar refractivity (Wildman–Crippen MR) is 101 cm³/mol. The van der Waals surface area contributed by atoms with Crippen molar-refractivity contribution in [2.45, 2.75) is 33.4 Å². The number of nitrogens with one attached hydrogen (secondary N) is 2. The molecule has 0 bridgehead atoms. The Bertz CT molecular complexity index is 588. The quantitative estimate of drug-likeness (QED) is 0.754. The molecule has 0 aliphatic heterocycles. The number of amides is 3. The van der Waals surface area contributed by atoms with Gasteiger partial charge in [-0.3, -0.25) is 4.79 Å². The van der Waals surface area contributed by atoms with Gasteiger partial charge in [0.05, 0.1) is 0 Å². The summed E-state index contributed by atoms with van der Waals surface area (Å²) in [4.78, 5) is 27.8. The second kappa shape index (κ2) is 9.88. The van der Waals surface area contributed by atoms with Gasteiger partial charge in [0.1, 0.15) is 6.61 Å². The molecule has 7 heteroatoms. The molecule has 0 heterocycles. The number of hydrogen-bond acceptors (Lipinski definition) is 4. The summed E-state index contributed by atoms with van der Waals surface area (Å²) in [5.74, 6) is -0.213. The fourth-order valence-electron chi connectivity index (χ4n) is 2.48. The summed E-state index contributed by atoms with van der Waals surface area (Å²) in [6, 6.07) is 5.63. The Labute approximate surface area is 150 Å². The van der Waals surface area contributed by atoms with Crippen LogP contribution in [0, 0.1) is 0 Å². The average Bonchev–Trinajstić information content (AvgIpc) is 2.52. The molecule has 1 aromatic rings. The van der Waals surface area contributed by atoms with Gasteiger partial charge in [0.2, 0.25) is 5.91 Å². The molecule has 0 saturated heterocycles. The third-order valence-electron chi connectivity index (χ3n) is 3.67. The Morgan fingerprint density at radius 3 is 2.44 bits per heavy atom. The monoisotopic (exact) mass is 350 g/mol. The van der Waals surface area contributed by atoms with Crippen molar-refractivity contribution in [3.8, 4) is 0 Å². The third-order valence-corrected chi connectivity index (χ3v) is 3.67. The van der Waals surface area contributed by atoms with E-state index in [1.54, 1.807) is 4.90 Å². The van der Waals surface area contributed by atoms with Gasteiger partial charge in [-0.05, 0) is 44.5 Å². The molecule has 1 aromatic carbocycles. The lowest BCUT2D eigenvalue weighted by Crippen LogP contribution is -2.43. The molecule has 0 atom stereocenters. The van der Waals surface area contributed by atoms with E-state index in [0.29, 0.717) is 18.8 Å². The molecule has 0 unspecified atom stereocenters. The van der Waals surface area contributed by atoms with Gasteiger partial charge in [-0.1, -0.05) is 0 Å². The van der Waals surface area contributed by atoms with Crippen LogP contribution in [0.2, 0.25) is 0 Å². The van der Waals surface area contributed by atoms with Crippen LogP contribution in [0.4, 0.5) is 16.2 Å². The van der Waals surface area contributed by atoms with E-state index in [1.165, 1.54) is 7.11 Å². The second-order valence-electron chi connectivity index (χ2n) is 6.28. The highest BCUT2D eigenvalue weighted by atomic mass is 16.5. The number of nitrogens with zero attached hydrogens (tertiary/aromatic N) is 2. The van der Waals surface area contributed by atoms with Crippen LogP contribution in [0.1, 0.15) is 26.3 Å². The van der Waals surface area contributed by atoms with E-state index in [2.05, 4.69) is 10.6 Å². The number of rotatable bonds is 8. The molecule has 0 aliphatic carbocycles. The fraction of sp³-hybridized carbons (Fsp3) is 0.556. The molecular weight excluding hydrogens is 320 g/mol. The molecule has 0 aliphatic rings. The standard InChI is InChI=1S/C18H30N4O3/c1-7-19-18(24)22(13(2)3)11-14-10-15(20-17(23)12-25-6)8-9-16(14)21(4)5/h8-10,13H,7,11-12H2,1-6H3,(H,19,24)(H,20,23). The van der Waals surface area contributed by atoms with Gasteiger partial charge in [0, 0.05) is 51.7 Å². The number of anilines is 2. The first-order valence-electron chi connectivity index (χ1n) is 8.43. The smallest absolute Gasteiger partial charge is 0.317 e. The first kappa shape index (κ1) is 20.8. The number of carbonyl (C=O) groups is 2. The summed E-state index contributed by atoms with van der Waals surface area (Å²) in [5.41, 5.74) is 2.64. The summed E-state index contributed by atoms with van der Waals surface area (Å²) >= 11 is 0. The van der Waals surface area contributed by atoms with Gasteiger partial charge < -0.3 is 25.2 Å². The molecular formula is C18H30N4O3. The van der Waals surface area contributed by atoms with Crippen LogP contribution in [-0.2, 0) is 16.1 Å². The first-order valence-corrected chi connectivity index (χ1v) is 8.43. The van der Waals surface area contributed by atoms with Crippen LogP contribution < -0.4 is 15.5 Å². The lowest BCUT2D eigenvalue weighted by Gasteiger charge is -2.29. The van der Waals surface area contributed by atoms with Crippen LogP contribution >= 0.6 is 0 Å². The zero-order chi connectivity index (χ0) is 19.0. The highest BCUT2D eigenvalue weighted by molar-refractivity contribution is 5.92. The Balaban J connectivity index is 3.11. The van der Waals surface area contributed by atoms with E-state index >= 15 is 0 Å². The second-order valence-corrected chi connectivity index (χ2v) is 6.28. The molecule has 1 rings (SSSR count). The van der Waals surface area contributed by atoms with Crippen molar-refractivity contribution in [3.63, 3.8) is 0 Å². The number of ether oxygens (including phenoxy) is 1. The van der Waals surface area contributed by atoms with Crippen LogP contribution in [0.3, 0.4) is 0 Å². The van der Waals surface area contributed by atoms with E-state index in [9.17, 15) is 9.59 Å². The minimum absolute atomic E-state index is 0.00178. The zero-order valence-electron chi connectivity index (χ0n) is 16.0. The van der Waals surface area contributed by atoms with Gasteiger partial charge >= 0.3 is 6.03 Å². The highest BCUT2D eigenvalue weighted by Crippen LogP contribution is 2.25. The van der Waals surface area contributed by atoms with Crippen molar-refractivity contribution in [1.29, 1.82) is 0 Å². The zero-order valence-corrected chi connectivity index (χ0v) is 16.0. The van der Waals surface area contributed by atoms with Crippen LogP contribution in [0.5, 0.6) is 0 Å². The van der Waals surface area contributed by atoms with Gasteiger partial charge in [-0.25, -0.2) is 4.79 Å². The van der Waals surface area contributed by atoms with E-state index in [1.807, 2.05) is 58.0 Å². The average molecular weight is 350 g/mol. The molecule has 0 fully saturated rings. The van der Waals surface area contributed by atoms with E-state index in [0.717, 1.165) is 11.3 Å². The Morgan fingerprint density at radius 1 is 1.24 bits per heavy atom. The Morgan fingerprint density at radius 2 is 1.92 bits per heavy atom. The Kier molecular flexibility index (Phi) is 8.21. The lowest BCUT2D eigenvalue weighted by molar-refractivity contribution is -0.119. The van der Waals surface area contributed by atoms with Crippen molar-refractivity contribution in [2.24, 2.45) is 0 Å². The summed E-state index contributed by atoms with van der Waals surface area (Å²) < 4.78 is 4.84. The SMILES string of the molecule is CCNC(=O)N(Cc1cc(NC(=O)COC)ccc1N(C)C)C(C)C. The molecule has 0 spiro atoms.